The van der Waals surface area contributed by atoms with Crippen LogP contribution in [0.15, 0.2) is 65.7 Å². The molecule has 130 valence electrons. The van der Waals surface area contributed by atoms with Gasteiger partial charge in [0.25, 0.3) is 5.56 Å². The molecule has 0 radical (unpaired) electrons. The van der Waals surface area contributed by atoms with Crippen LogP contribution in [0.3, 0.4) is 0 Å². The third-order valence-electron chi connectivity index (χ3n) is 4.65. The van der Waals surface area contributed by atoms with Crippen molar-refractivity contribution < 1.29 is 4.39 Å². The van der Waals surface area contributed by atoms with Gasteiger partial charge in [0.15, 0.2) is 0 Å². The molecule has 0 aliphatic carbocycles. The zero-order valence-electron chi connectivity index (χ0n) is 14.6. The summed E-state index contributed by atoms with van der Waals surface area (Å²) in [6.07, 6.45) is 3.43. The maximum atomic E-state index is 13.4. The molecule has 0 unspecified atom stereocenters. The summed E-state index contributed by atoms with van der Waals surface area (Å²) < 4.78 is 16.5. The van der Waals surface area contributed by atoms with Crippen LogP contribution in [0.5, 0.6) is 0 Å². The van der Waals surface area contributed by atoms with Crippen LogP contribution in [0.2, 0.25) is 0 Å². The average Bonchev–Trinajstić information content (AvgIpc) is 3.05. The van der Waals surface area contributed by atoms with Gasteiger partial charge in [-0.15, -0.1) is 0 Å². The van der Waals surface area contributed by atoms with E-state index in [0.29, 0.717) is 12.1 Å². The fourth-order valence-corrected chi connectivity index (χ4v) is 3.02. The molecule has 0 saturated carbocycles. The highest BCUT2D eigenvalue weighted by Gasteiger charge is 2.10. The highest BCUT2D eigenvalue weighted by Crippen LogP contribution is 2.21. The molecule has 4 nitrogen and oxygen atoms in total. The summed E-state index contributed by atoms with van der Waals surface area (Å²) in [6.45, 7) is 4.44. The number of fused-ring (bicyclic) bond motifs is 1. The number of aromatic nitrogens is 3. The molecule has 4 aromatic rings. The highest BCUT2D eigenvalue weighted by molar-refractivity contribution is 5.66. The van der Waals surface area contributed by atoms with Crippen LogP contribution < -0.4 is 5.56 Å². The van der Waals surface area contributed by atoms with Crippen LogP contribution in [-0.2, 0) is 6.54 Å². The molecule has 0 atom stereocenters. The summed E-state index contributed by atoms with van der Waals surface area (Å²) in [5.74, 6) is -0.307. The first-order chi connectivity index (χ1) is 12.5. The number of aryl methyl sites for hydroxylation is 2. The monoisotopic (exact) mass is 347 g/mol. The number of rotatable bonds is 3. The van der Waals surface area contributed by atoms with E-state index in [1.165, 1.54) is 23.3 Å². The molecular weight excluding hydrogens is 329 g/mol. The van der Waals surface area contributed by atoms with Crippen molar-refractivity contribution in [3.8, 4) is 11.3 Å². The van der Waals surface area contributed by atoms with Crippen molar-refractivity contribution in [2.75, 3.05) is 0 Å². The van der Waals surface area contributed by atoms with E-state index in [0.717, 1.165) is 16.8 Å². The summed E-state index contributed by atoms with van der Waals surface area (Å²) in [4.78, 5) is 12.8. The highest BCUT2D eigenvalue weighted by atomic mass is 19.1. The van der Waals surface area contributed by atoms with Crippen LogP contribution in [-0.4, -0.2) is 14.2 Å². The zero-order valence-corrected chi connectivity index (χ0v) is 14.6. The predicted octanol–water partition coefficient (Wildman–Crippen LogP) is 3.97. The Morgan fingerprint density at radius 2 is 1.85 bits per heavy atom. The van der Waals surface area contributed by atoms with E-state index < -0.39 is 0 Å². The van der Waals surface area contributed by atoms with Crippen molar-refractivity contribution in [1.29, 1.82) is 0 Å². The Labute approximate surface area is 150 Å². The molecule has 26 heavy (non-hydrogen) atoms. The lowest BCUT2D eigenvalue weighted by atomic mass is 10.0. The Morgan fingerprint density at radius 3 is 2.62 bits per heavy atom. The molecule has 2 aromatic carbocycles. The van der Waals surface area contributed by atoms with Crippen LogP contribution in [0.4, 0.5) is 4.39 Å². The maximum absolute atomic E-state index is 13.4. The van der Waals surface area contributed by atoms with Gasteiger partial charge in [-0.1, -0.05) is 24.3 Å². The van der Waals surface area contributed by atoms with E-state index in [1.54, 1.807) is 39.7 Å². The second-order valence-corrected chi connectivity index (χ2v) is 6.52. The van der Waals surface area contributed by atoms with Crippen molar-refractivity contribution in [2.45, 2.75) is 20.4 Å². The van der Waals surface area contributed by atoms with Crippen LogP contribution >= 0.6 is 0 Å². The molecule has 0 saturated heterocycles. The lowest BCUT2D eigenvalue weighted by Gasteiger charge is -2.06. The number of nitrogens with zero attached hydrogens (tertiary/aromatic N) is 3. The Bertz CT molecular complexity index is 1170. The molecule has 0 amide bonds. The third kappa shape index (κ3) is 2.92. The van der Waals surface area contributed by atoms with Gasteiger partial charge < -0.3 is 4.57 Å². The Hall–Kier alpha value is -3.21. The summed E-state index contributed by atoms with van der Waals surface area (Å²) >= 11 is 0. The average molecular weight is 347 g/mol. The number of hydrogen-bond donors (Lipinski definition) is 0. The predicted molar refractivity (Wildman–Crippen MR) is 99.9 cm³/mol. The molecule has 4 rings (SSSR count). The van der Waals surface area contributed by atoms with Gasteiger partial charge in [0.1, 0.15) is 11.3 Å². The van der Waals surface area contributed by atoms with Gasteiger partial charge in [0.2, 0.25) is 0 Å². The molecule has 2 heterocycles. The van der Waals surface area contributed by atoms with Crippen molar-refractivity contribution in [3.63, 3.8) is 0 Å². The van der Waals surface area contributed by atoms with Gasteiger partial charge in [-0.25, -0.2) is 8.91 Å². The zero-order chi connectivity index (χ0) is 18.3. The first-order valence-electron chi connectivity index (χ1n) is 8.42. The largest absolute Gasteiger partial charge is 0.308 e. The lowest BCUT2D eigenvalue weighted by Crippen LogP contribution is -2.21. The summed E-state index contributed by atoms with van der Waals surface area (Å²) in [6, 6.07) is 14.2. The van der Waals surface area contributed by atoms with Crippen LogP contribution in [0.1, 0.15) is 16.7 Å². The Morgan fingerprint density at radius 1 is 1.00 bits per heavy atom. The first kappa shape index (κ1) is 16.3. The van der Waals surface area contributed by atoms with Crippen molar-refractivity contribution in [2.24, 2.45) is 0 Å². The third-order valence-corrected chi connectivity index (χ3v) is 4.65. The Balaban J connectivity index is 1.76. The summed E-state index contributed by atoms with van der Waals surface area (Å²) in [5.41, 5.74) is 5.22. The molecule has 0 aliphatic heterocycles. The fourth-order valence-electron chi connectivity index (χ4n) is 3.02. The van der Waals surface area contributed by atoms with E-state index in [2.05, 4.69) is 31.1 Å². The van der Waals surface area contributed by atoms with Gasteiger partial charge >= 0.3 is 0 Å². The number of halogens is 1. The fraction of sp³-hybridized carbons (Fsp3) is 0.143. The van der Waals surface area contributed by atoms with Crippen LogP contribution in [0.25, 0.3) is 16.8 Å². The van der Waals surface area contributed by atoms with E-state index in [4.69, 9.17) is 0 Å². The van der Waals surface area contributed by atoms with Gasteiger partial charge in [-0.05, 0) is 54.8 Å². The van der Waals surface area contributed by atoms with E-state index in [1.807, 2.05) is 6.07 Å². The SMILES string of the molecule is Cc1ccc(-c2cc3c(=O)n(Cc4cccc(F)c4)ccn3n2)cc1C. The van der Waals surface area contributed by atoms with Gasteiger partial charge in [0.05, 0.1) is 12.2 Å². The van der Waals surface area contributed by atoms with E-state index in [9.17, 15) is 9.18 Å². The van der Waals surface area contributed by atoms with Crippen molar-refractivity contribution >= 4 is 5.52 Å². The van der Waals surface area contributed by atoms with E-state index >= 15 is 0 Å². The van der Waals surface area contributed by atoms with Gasteiger partial charge in [-0.2, -0.15) is 5.10 Å². The molecule has 0 fully saturated rings. The molecule has 0 aliphatic rings. The second-order valence-electron chi connectivity index (χ2n) is 6.52. The van der Waals surface area contributed by atoms with Crippen molar-refractivity contribution in [3.05, 3.63) is 93.8 Å². The second kappa shape index (κ2) is 6.26. The van der Waals surface area contributed by atoms with E-state index in [-0.39, 0.29) is 11.4 Å². The summed E-state index contributed by atoms with van der Waals surface area (Å²) in [7, 11) is 0. The van der Waals surface area contributed by atoms with Gasteiger partial charge in [-0.3, -0.25) is 4.79 Å². The molecule has 2 aromatic heterocycles. The molecule has 0 N–H and O–H groups in total. The minimum absolute atomic E-state index is 0.153. The minimum atomic E-state index is -0.307. The summed E-state index contributed by atoms with van der Waals surface area (Å²) in [5, 5.41) is 4.52. The number of benzene rings is 2. The number of hydrogen-bond acceptors (Lipinski definition) is 2. The maximum Gasteiger partial charge on any atom is 0.276 e. The first-order valence-corrected chi connectivity index (χ1v) is 8.42. The normalized spacial score (nSPS) is 11.2. The standard InChI is InChI=1S/C21H18FN3O/c1-14-6-7-17(10-15(14)2)19-12-20-21(26)24(8-9-25(20)23-19)13-16-4-3-5-18(22)11-16/h3-12H,13H2,1-2H3. The quantitative estimate of drug-likeness (QED) is 0.563. The molecule has 0 bridgehead atoms. The Kier molecular flexibility index (Phi) is 3.92. The van der Waals surface area contributed by atoms with Crippen LogP contribution in [0, 0.1) is 19.7 Å². The van der Waals surface area contributed by atoms with Crippen molar-refractivity contribution in [1.82, 2.24) is 14.2 Å². The lowest BCUT2D eigenvalue weighted by molar-refractivity contribution is 0.622. The molecule has 0 spiro atoms. The smallest absolute Gasteiger partial charge is 0.276 e. The minimum Gasteiger partial charge on any atom is -0.308 e. The molecular formula is C21H18FN3O. The topological polar surface area (TPSA) is 39.3 Å². The molecule has 5 heteroatoms. The van der Waals surface area contributed by atoms with Gasteiger partial charge in [0, 0.05) is 18.0 Å².